The maximum Gasteiger partial charge on any atom is 0.318 e. The number of nitrogens with zero attached hydrogens (tertiary/aromatic N) is 2. The molecule has 2 rings (SSSR count). The molecule has 7 heteroatoms. The van der Waals surface area contributed by atoms with Crippen LogP contribution < -0.4 is 10.1 Å². The largest absolute Gasteiger partial charge is 0.467 e. The standard InChI is InChI=1S/C14H16ClN3O2S/c1-20-14-17-9-12(15)13(18-14)16-7-8-21(19)10-11-5-3-2-4-6-11/h2-6,9H,7-8,10H2,1H3,(H,16,17,18)/t21-/m0/s1. The van der Waals surface area contributed by atoms with Crippen molar-refractivity contribution in [3.05, 3.63) is 47.1 Å². The van der Waals surface area contributed by atoms with Gasteiger partial charge in [-0.3, -0.25) is 4.21 Å². The summed E-state index contributed by atoms with van der Waals surface area (Å²) in [5, 5.41) is 3.46. The van der Waals surface area contributed by atoms with Crippen molar-refractivity contribution >= 4 is 28.2 Å². The zero-order valence-electron chi connectivity index (χ0n) is 11.6. The van der Waals surface area contributed by atoms with Gasteiger partial charge in [-0.1, -0.05) is 41.9 Å². The van der Waals surface area contributed by atoms with E-state index in [0.717, 1.165) is 5.56 Å². The van der Waals surface area contributed by atoms with Crippen LogP contribution in [0.3, 0.4) is 0 Å². The summed E-state index contributed by atoms with van der Waals surface area (Å²) < 4.78 is 16.9. The Kier molecular flexibility index (Phi) is 5.95. The van der Waals surface area contributed by atoms with Crippen LogP contribution in [0.1, 0.15) is 5.56 Å². The van der Waals surface area contributed by atoms with Crippen LogP contribution in [0.25, 0.3) is 0 Å². The Bertz CT molecular complexity index is 610. The average Bonchev–Trinajstić information content (AvgIpc) is 2.50. The fourth-order valence-corrected chi connectivity index (χ4v) is 2.89. The fraction of sp³-hybridized carbons (Fsp3) is 0.286. The van der Waals surface area contributed by atoms with Gasteiger partial charge in [-0.25, -0.2) is 4.98 Å². The molecule has 0 spiro atoms. The van der Waals surface area contributed by atoms with Crippen LogP contribution in [0.2, 0.25) is 5.02 Å². The second-order valence-electron chi connectivity index (χ2n) is 4.25. The van der Waals surface area contributed by atoms with Crippen molar-refractivity contribution in [1.82, 2.24) is 9.97 Å². The summed E-state index contributed by atoms with van der Waals surface area (Å²) in [4.78, 5) is 7.99. The first-order valence-corrected chi connectivity index (χ1v) is 8.25. The lowest BCUT2D eigenvalue weighted by Crippen LogP contribution is -2.13. The van der Waals surface area contributed by atoms with E-state index in [0.29, 0.717) is 28.9 Å². The number of ether oxygens (including phenoxy) is 1. The minimum atomic E-state index is -0.939. The van der Waals surface area contributed by atoms with Crippen molar-refractivity contribution in [1.29, 1.82) is 0 Å². The van der Waals surface area contributed by atoms with Crippen LogP contribution in [-0.2, 0) is 16.6 Å². The lowest BCUT2D eigenvalue weighted by Gasteiger charge is -2.08. The minimum absolute atomic E-state index is 0.243. The highest BCUT2D eigenvalue weighted by Gasteiger charge is 2.06. The number of methoxy groups -OCH3 is 1. The molecule has 1 N–H and O–H groups in total. The lowest BCUT2D eigenvalue weighted by atomic mass is 10.2. The third-order valence-electron chi connectivity index (χ3n) is 2.70. The van der Waals surface area contributed by atoms with Crippen LogP contribution in [0, 0.1) is 0 Å². The molecule has 0 fully saturated rings. The molecule has 1 aromatic carbocycles. The Morgan fingerprint density at radius 3 is 2.81 bits per heavy atom. The molecule has 21 heavy (non-hydrogen) atoms. The van der Waals surface area contributed by atoms with Crippen LogP contribution in [0.4, 0.5) is 5.82 Å². The Balaban J connectivity index is 1.83. The highest BCUT2D eigenvalue weighted by Crippen LogP contribution is 2.19. The van der Waals surface area contributed by atoms with Gasteiger partial charge in [-0.05, 0) is 5.56 Å². The SMILES string of the molecule is COc1ncc(Cl)c(NCC[S@](=O)Cc2ccccc2)n1. The van der Waals surface area contributed by atoms with Gasteiger partial charge in [0.1, 0.15) is 5.02 Å². The summed E-state index contributed by atoms with van der Waals surface area (Å²) in [6, 6.07) is 10.0. The first kappa shape index (κ1) is 15.7. The van der Waals surface area contributed by atoms with E-state index in [1.165, 1.54) is 13.3 Å². The third kappa shape index (κ3) is 4.99. The summed E-state index contributed by atoms with van der Waals surface area (Å²) in [5.74, 6) is 1.54. The highest BCUT2D eigenvalue weighted by atomic mass is 35.5. The average molecular weight is 326 g/mol. The van der Waals surface area contributed by atoms with Gasteiger partial charge >= 0.3 is 6.01 Å². The number of nitrogens with one attached hydrogen (secondary N) is 1. The second kappa shape index (κ2) is 7.95. The van der Waals surface area contributed by atoms with Gasteiger partial charge in [0.15, 0.2) is 5.82 Å². The molecule has 2 aromatic rings. The number of rotatable bonds is 7. The summed E-state index contributed by atoms with van der Waals surface area (Å²) in [5.41, 5.74) is 1.07. The number of aromatic nitrogens is 2. The molecule has 0 aliphatic heterocycles. The van der Waals surface area contributed by atoms with Crippen LogP contribution in [-0.4, -0.2) is 33.6 Å². The van der Waals surface area contributed by atoms with Gasteiger partial charge < -0.3 is 10.1 Å². The van der Waals surface area contributed by atoms with Crippen molar-refractivity contribution < 1.29 is 8.95 Å². The molecular formula is C14H16ClN3O2S. The minimum Gasteiger partial charge on any atom is -0.467 e. The normalized spacial score (nSPS) is 11.9. The first-order chi connectivity index (χ1) is 10.2. The summed E-state index contributed by atoms with van der Waals surface area (Å²) in [7, 11) is 0.549. The van der Waals surface area contributed by atoms with Crippen molar-refractivity contribution in [3.8, 4) is 6.01 Å². The number of hydrogen-bond acceptors (Lipinski definition) is 5. The summed E-state index contributed by atoms with van der Waals surface area (Å²) >= 11 is 5.98. The Labute approximate surface area is 131 Å². The van der Waals surface area contributed by atoms with E-state index in [9.17, 15) is 4.21 Å². The third-order valence-corrected chi connectivity index (χ3v) is 4.29. The van der Waals surface area contributed by atoms with Crippen molar-refractivity contribution in [2.45, 2.75) is 5.75 Å². The number of benzene rings is 1. The monoisotopic (exact) mass is 325 g/mol. The summed E-state index contributed by atoms with van der Waals surface area (Å²) in [6.07, 6.45) is 1.47. The molecular weight excluding hydrogens is 310 g/mol. The van der Waals surface area contributed by atoms with Crippen molar-refractivity contribution in [2.24, 2.45) is 0 Å². The number of halogens is 1. The van der Waals surface area contributed by atoms with Crippen molar-refractivity contribution in [2.75, 3.05) is 24.7 Å². The van der Waals surface area contributed by atoms with E-state index in [1.807, 2.05) is 30.3 Å². The fourth-order valence-electron chi connectivity index (χ4n) is 1.69. The van der Waals surface area contributed by atoms with Gasteiger partial charge in [0.25, 0.3) is 0 Å². The first-order valence-electron chi connectivity index (χ1n) is 6.38. The van der Waals surface area contributed by atoms with E-state index in [-0.39, 0.29) is 6.01 Å². The van der Waals surface area contributed by atoms with Crippen LogP contribution in [0.5, 0.6) is 6.01 Å². The molecule has 0 saturated carbocycles. The Morgan fingerprint density at radius 2 is 2.10 bits per heavy atom. The van der Waals surface area contributed by atoms with E-state index >= 15 is 0 Å². The van der Waals surface area contributed by atoms with E-state index in [1.54, 1.807) is 0 Å². The van der Waals surface area contributed by atoms with Crippen LogP contribution in [0.15, 0.2) is 36.5 Å². The van der Waals surface area contributed by atoms with Crippen LogP contribution >= 0.6 is 11.6 Å². The van der Waals surface area contributed by atoms with Gasteiger partial charge in [0.05, 0.1) is 13.3 Å². The molecule has 0 unspecified atom stereocenters. The lowest BCUT2D eigenvalue weighted by molar-refractivity contribution is 0.380. The Morgan fingerprint density at radius 1 is 1.33 bits per heavy atom. The molecule has 5 nitrogen and oxygen atoms in total. The number of hydrogen-bond donors (Lipinski definition) is 1. The van der Waals surface area contributed by atoms with Crippen molar-refractivity contribution in [3.63, 3.8) is 0 Å². The maximum atomic E-state index is 12.0. The molecule has 1 heterocycles. The number of anilines is 1. The molecule has 0 aliphatic rings. The van der Waals surface area contributed by atoms with E-state index in [2.05, 4.69) is 15.3 Å². The molecule has 0 radical (unpaired) electrons. The predicted octanol–water partition coefficient (Wildman–Crippen LogP) is 2.50. The second-order valence-corrected chi connectivity index (χ2v) is 6.24. The maximum absolute atomic E-state index is 12.0. The molecule has 0 saturated heterocycles. The molecule has 0 amide bonds. The molecule has 1 aromatic heterocycles. The van der Waals surface area contributed by atoms with E-state index in [4.69, 9.17) is 16.3 Å². The molecule has 0 aliphatic carbocycles. The quantitative estimate of drug-likeness (QED) is 0.847. The zero-order chi connectivity index (χ0) is 15.1. The van der Waals surface area contributed by atoms with Gasteiger partial charge in [-0.15, -0.1) is 0 Å². The van der Waals surface area contributed by atoms with E-state index < -0.39 is 10.8 Å². The van der Waals surface area contributed by atoms with Gasteiger partial charge in [-0.2, -0.15) is 4.98 Å². The predicted molar refractivity (Wildman–Crippen MR) is 85.2 cm³/mol. The van der Waals surface area contributed by atoms with Gasteiger partial charge in [0, 0.05) is 28.9 Å². The smallest absolute Gasteiger partial charge is 0.318 e. The highest BCUT2D eigenvalue weighted by molar-refractivity contribution is 7.84. The molecule has 1 atom stereocenters. The topological polar surface area (TPSA) is 64.1 Å². The Hall–Kier alpha value is -1.66. The zero-order valence-corrected chi connectivity index (χ0v) is 13.2. The summed E-state index contributed by atoms with van der Waals surface area (Å²) in [6.45, 7) is 0.513. The molecule has 0 bridgehead atoms. The molecule has 112 valence electrons. The van der Waals surface area contributed by atoms with Gasteiger partial charge in [0.2, 0.25) is 0 Å².